The number of carbonyl (C=O) groups excluding carboxylic acids is 1. The molecule has 0 aliphatic rings. The summed E-state index contributed by atoms with van der Waals surface area (Å²) in [7, 11) is 28.6. The van der Waals surface area contributed by atoms with Gasteiger partial charge in [0.25, 0.3) is 5.91 Å². The van der Waals surface area contributed by atoms with Gasteiger partial charge in [0.15, 0.2) is 5.82 Å². The smallest absolute Gasteiger partial charge is 0.250 e. The number of hydrogen-bond donors (Lipinski definition) is 2. The monoisotopic (exact) mass is 435 g/mol. The molecular formula is C22H14B5N5O2. The molecule has 2 aromatic heterocycles. The van der Waals surface area contributed by atoms with Crippen LogP contribution in [0.5, 0.6) is 5.75 Å². The summed E-state index contributed by atoms with van der Waals surface area (Å²) in [6.07, 6.45) is 3.29. The number of benzene rings is 2. The molecular weight excluding hydrogens is 420 g/mol. The Morgan fingerprint density at radius 2 is 1.74 bits per heavy atom. The summed E-state index contributed by atoms with van der Waals surface area (Å²) in [6, 6.07) is 15.2. The van der Waals surface area contributed by atoms with Crippen molar-refractivity contribution >= 4 is 67.5 Å². The highest BCUT2D eigenvalue weighted by Crippen LogP contribution is 2.34. The molecule has 1 amide bonds. The molecule has 7 nitrogen and oxygen atoms in total. The third-order valence-electron chi connectivity index (χ3n) is 5.00. The van der Waals surface area contributed by atoms with Crippen LogP contribution in [0.15, 0.2) is 67.0 Å². The molecule has 10 radical (unpaired) electrons. The average molecular weight is 434 g/mol. The molecule has 0 bridgehead atoms. The van der Waals surface area contributed by atoms with E-state index >= 15 is 0 Å². The van der Waals surface area contributed by atoms with E-state index in [1.54, 1.807) is 60.9 Å². The van der Waals surface area contributed by atoms with E-state index in [1.165, 1.54) is 0 Å². The van der Waals surface area contributed by atoms with Gasteiger partial charge in [-0.25, -0.2) is 9.97 Å². The maximum Gasteiger partial charge on any atom is 0.250 e. The van der Waals surface area contributed by atoms with Crippen molar-refractivity contribution in [2.75, 3.05) is 5.32 Å². The van der Waals surface area contributed by atoms with Crippen LogP contribution in [0.4, 0.5) is 11.5 Å². The minimum Gasteiger partial charge on any atom is -0.508 e. The van der Waals surface area contributed by atoms with E-state index in [1.807, 2.05) is 6.07 Å². The lowest BCUT2D eigenvalue weighted by molar-refractivity contribution is 0.100. The van der Waals surface area contributed by atoms with Crippen molar-refractivity contribution in [2.24, 2.45) is 5.73 Å². The molecule has 4 aromatic rings. The summed E-state index contributed by atoms with van der Waals surface area (Å²) in [5.41, 5.74) is 7.52. The van der Waals surface area contributed by atoms with Gasteiger partial charge in [-0.3, -0.25) is 9.78 Å². The number of pyridine rings is 1. The fraction of sp³-hybridized carbons (Fsp3) is 0.0909. The quantitative estimate of drug-likeness (QED) is 0.427. The first-order valence-electron chi connectivity index (χ1n) is 10.1. The van der Waals surface area contributed by atoms with Crippen molar-refractivity contribution in [1.82, 2.24) is 15.0 Å². The Labute approximate surface area is 203 Å². The van der Waals surface area contributed by atoms with Crippen LogP contribution < -0.4 is 15.8 Å². The highest BCUT2D eigenvalue weighted by atomic mass is 16.5. The fourth-order valence-corrected chi connectivity index (χ4v) is 3.11. The summed E-state index contributed by atoms with van der Waals surface area (Å²) in [5, 5.41) is -0.416. The third-order valence-corrected chi connectivity index (χ3v) is 5.00. The number of carbonyl (C=O) groups is 1. The lowest BCUT2D eigenvalue weighted by atomic mass is 9.28. The van der Waals surface area contributed by atoms with Crippen LogP contribution >= 0.6 is 0 Å². The number of amides is 1. The molecule has 0 saturated carbocycles. The number of nitrogens with zero attached hydrogens (tertiary/aromatic N) is 3. The van der Waals surface area contributed by atoms with Crippen LogP contribution in [-0.2, 0) is 0 Å². The molecule has 4 rings (SSSR count). The summed E-state index contributed by atoms with van der Waals surface area (Å²) >= 11 is 0. The lowest BCUT2D eigenvalue weighted by Crippen LogP contribution is -2.50. The Kier molecular flexibility index (Phi) is 6.17. The second-order valence-electron chi connectivity index (χ2n) is 7.68. The first-order chi connectivity index (χ1) is 16.0. The summed E-state index contributed by atoms with van der Waals surface area (Å²) < 4.78 is 5.57. The van der Waals surface area contributed by atoms with Crippen molar-refractivity contribution in [2.45, 2.75) is 10.5 Å². The van der Waals surface area contributed by atoms with Crippen LogP contribution in [0.1, 0.15) is 10.4 Å². The van der Waals surface area contributed by atoms with Crippen molar-refractivity contribution < 1.29 is 9.53 Å². The van der Waals surface area contributed by atoms with Gasteiger partial charge in [0.05, 0.1) is 40.3 Å². The van der Waals surface area contributed by atoms with Crippen molar-refractivity contribution in [3.63, 3.8) is 0 Å². The molecule has 0 spiro atoms. The van der Waals surface area contributed by atoms with E-state index in [2.05, 4.69) is 20.3 Å². The first-order valence-corrected chi connectivity index (χ1v) is 10.1. The molecule has 0 aliphatic heterocycles. The number of aromatic nitrogens is 3. The number of primary amides is 1. The average Bonchev–Trinajstić information content (AvgIpc) is 2.79. The number of anilines is 2. The van der Waals surface area contributed by atoms with Crippen LogP contribution in [0, 0.1) is 0 Å². The largest absolute Gasteiger partial charge is 0.508 e. The van der Waals surface area contributed by atoms with Crippen LogP contribution in [0.25, 0.3) is 22.3 Å². The zero-order chi connectivity index (χ0) is 24.5. The third kappa shape index (κ3) is 4.81. The van der Waals surface area contributed by atoms with Crippen LogP contribution in [0.3, 0.4) is 0 Å². The van der Waals surface area contributed by atoms with E-state index in [4.69, 9.17) is 49.7 Å². The number of nitrogens with two attached hydrogens (primary N) is 1. The number of para-hydroxylation sites is 1. The molecule has 12 heteroatoms. The highest BCUT2D eigenvalue weighted by molar-refractivity contribution is 6.66. The first kappa shape index (κ1) is 23.5. The zero-order valence-electron chi connectivity index (χ0n) is 18.0. The molecule has 3 N–H and O–H groups in total. The van der Waals surface area contributed by atoms with Gasteiger partial charge in [0, 0.05) is 28.7 Å². The number of nitrogens with one attached hydrogen (secondary N) is 1. The predicted molar refractivity (Wildman–Crippen MR) is 136 cm³/mol. The molecule has 2 aromatic carbocycles. The molecule has 0 unspecified atom stereocenters. The van der Waals surface area contributed by atoms with E-state index < -0.39 is 16.4 Å². The lowest BCUT2D eigenvalue weighted by Gasteiger charge is -2.42. The van der Waals surface area contributed by atoms with E-state index in [-0.39, 0.29) is 11.3 Å². The SMILES string of the molecule is [B]C([B])([B])C([B])([B])Oc1ccc2nc(-c3cccnc3)nc(Nc3ccccc3C(N)=O)c2c1. The summed E-state index contributed by atoms with van der Waals surface area (Å²) in [5.74, 6) is 0.388. The van der Waals surface area contributed by atoms with Gasteiger partial charge in [0.1, 0.15) is 27.3 Å². The maximum atomic E-state index is 11.9. The normalized spacial score (nSPS) is 11.8. The number of rotatable bonds is 7. The number of fused-ring (bicyclic) bond motifs is 1. The van der Waals surface area contributed by atoms with Gasteiger partial charge in [0.2, 0.25) is 0 Å². The Morgan fingerprint density at radius 1 is 0.971 bits per heavy atom. The summed E-state index contributed by atoms with van der Waals surface area (Å²) in [6.45, 7) is 0. The van der Waals surface area contributed by atoms with Crippen molar-refractivity contribution in [3.05, 3.63) is 72.6 Å². The molecule has 0 atom stereocenters. The van der Waals surface area contributed by atoms with Crippen LogP contribution in [-0.4, -0.2) is 65.5 Å². The second-order valence-corrected chi connectivity index (χ2v) is 7.68. The fourth-order valence-electron chi connectivity index (χ4n) is 3.11. The number of hydrogen-bond acceptors (Lipinski definition) is 6. The zero-order valence-corrected chi connectivity index (χ0v) is 18.0. The van der Waals surface area contributed by atoms with Crippen LogP contribution in [0.2, 0.25) is 5.11 Å². The van der Waals surface area contributed by atoms with Gasteiger partial charge in [-0.2, -0.15) is 0 Å². The summed E-state index contributed by atoms with van der Waals surface area (Å²) in [4.78, 5) is 25.3. The maximum absolute atomic E-state index is 11.9. The Balaban J connectivity index is 1.86. The van der Waals surface area contributed by atoms with Gasteiger partial charge < -0.3 is 15.8 Å². The van der Waals surface area contributed by atoms with Gasteiger partial charge in [-0.1, -0.05) is 12.1 Å². The Bertz CT molecular complexity index is 1360. The minimum absolute atomic E-state index is 0.215. The molecule has 0 aliphatic carbocycles. The van der Waals surface area contributed by atoms with E-state index in [0.29, 0.717) is 33.8 Å². The molecule has 2 heterocycles. The van der Waals surface area contributed by atoms with E-state index in [9.17, 15) is 4.79 Å². The molecule has 0 fully saturated rings. The van der Waals surface area contributed by atoms with E-state index in [0.717, 1.165) is 0 Å². The number of ether oxygens (including phenoxy) is 1. The van der Waals surface area contributed by atoms with Crippen molar-refractivity contribution in [1.29, 1.82) is 0 Å². The predicted octanol–water partition coefficient (Wildman–Crippen LogP) is 1.48. The minimum atomic E-state index is -2.08. The van der Waals surface area contributed by atoms with Gasteiger partial charge >= 0.3 is 0 Å². The molecule has 34 heavy (non-hydrogen) atoms. The van der Waals surface area contributed by atoms with Crippen molar-refractivity contribution in [3.8, 4) is 17.1 Å². The molecule has 154 valence electrons. The van der Waals surface area contributed by atoms with Gasteiger partial charge in [-0.15, -0.1) is 5.11 Å². The second kappa shape index (κ2) is 8.93. The Hall–Kier alpha value is -3.68. The Morgan fingerprint density at radius 3 is 2.41 bits per heavy atom. The van der Waals surface area contributed by atoms with Gasteiger partial charge in [-0.05, 0) is 42.5 Å². The highest BCUT2D eigenvalue weighted by Gasteiger charge is 2.32. The standard InChI is InChI=1S/C22H14B5N5O2/c23-21(24,25)22(26,27)34-13-7-8-17-15(10-13)20(31-16-6-2-1-5-14(16)18(28)33)32-19(30-17)12-4-3-9-29-11-12/h1-11H,(H2,28,33)(H,30,31,32). The topological polar surface area (TPSA) is 103 Å². The molecule has 0 saturated heterocycles.